The van der Waals surface area contributed by atoms with Crippen LogP contribution in [0.4, 0.5) is 11.6 Å². The Bertz CT molecular complexity index is 1510. The van der Waals surface area contributed by atoms with Crippen molar-refractivity contribution < 1.29 is 0 Å². The number of nitrogens with zero attached hydrogens (tertiary/aromatic N) is 7. The van der Waals surface area contributed by atoms with E-state index in [1.807, 2.05) is 30.3 Å². The number of halogens is 1. The lowest BCUT2D eigenvalue weighted by Crippen LogP contribution is -2.45. The third-order valence-electron chi connectivity index (χ3n) is 5.65. The molecule has 0 radical (unpaired) electrons. The summed E-state index contributed by atoms with van der Waals surface area (Å²) in [4.78, 5) is 20.0. The monoisotopic (exact) mass is 466 g/mol. The molecule has 1 aliphatic heterocycles. The standard InChI is InChI=1S/C21H17ClN8O.H2S/c22-14-7-11-28-19(14)21(31)29(13-4-2-1-3-5-13)20(26-28)15-8-10-27(15)18-12-16(23)25-17-6-9-24-30(17)18;/h1-7,9,11-12,15H,8,10H2,(H2,23,25);1H2/t15-;/m0./s1. The first-order chi connectivity index (χ1) is 15.1. The van der Waals surface area contributed by atoms with Crippen LogP contribution in [0, 0.1) is 0 Å². The Morgan fingerprint density at radius 3 is 2.69 bits per heavy atom. The molecule has 5 heterocycles. The van der Waals surface area contributed by atoms with Gasteiger partial charge in [0.05, 0.1) is 22.9 Å². The van der Waals surface area contributed by atoms with Crippen LogP contribution in [0.1, 0.15) is 18.3 Å². The maximum atomic E-state index is 13.5. The van der Waals surface area contributed by atoms with Gasteiger partial charge in [-0.15, -0.1) is 0 Å². The van der Waals surface area contributed by atoms with E-state index in [-0.39, 0.29) is 25.1 Å². The molecule has 11 heteroatoms. The first-order valence-corrected chi connectivity index (χ1v) is 10.2. The first kappa shape index (κ1) is 20.4. The Balaban J connectivity index is 0.00000216. The van der Waals surface area contributed by atoms with Gasteiger partial charge in [-0.05, 0) is 24.6 Å². The van der Waals surface area contributed by atoms with E-state index in [4.69, 9.17) is 22.4 Å². The van der Waals surface area contributed by atoms with Crippen molar-refractivity contribution in [1.29, 1.82) is 0 Å². The molecule has 0 amide bonds. The zero-order chi connectivity index (χ0) is 21.1. The highest BCUT2D eigenvalue weighted by atomic mass is 35.5. The van der Waals surface area contributed by atoms with Gasteiger partial charge in [-0.25, -0.2) is 9.50 Å². The van der Waals surface area contributed by atoms with Crippen molar-refractivity contribution in [2.45, 2.75) is 12.5 Å². The molecule has 6 rings (SSSR count). The Kier molecular flexibility index (Phi) is 4.83. The van der Waals surface area contributed by atoms with Crippen LogP contribution >= 0.6 is 25.1 Å². The van der Waals surface area contributed by atoms with E-state index in [1.165, 1.54) is 0 Å². The number of hydrogen-bond acceptors (Lipinski definition) is 6. The van der Waals surface area contributed by atoms with Crippen molar-refractivity contribution >= 4 is 47.9 Å². The second-order valence-electron chi connectivity index (χ2n) is 7.43. The number of para-hydroxylation sites is 1. The van der Waals surface area contributed by atoms with Gasteiger partial charge < -0.3 is 10.6 Å². The minimum Gasteiger partial charge on any atom is -0.384 e. The Labute approximate surface area is 194 Å². The number of nitrogen functional groups attached to an aromatic ring is 1. The van der Waals surface area contributed by atoms with Gasteiger partial charge in [0.15, 0.2) is 11.5 Å². The van der Waals surface area contributed by atoms with Crippen molar-refractivity contribution in [2.75, 3.05) is 17.2 Å². The number of aromatic nitrogens is 6. The molecule has 0 saturated carbocycles. The highest BCUT2D eigenvalue weighted by molar-refractivity contribution is 7.59. The second-order valence-corrected chi connectivity index (χ2v) is 7.84. The van der Waals surface area contributed by atoms with Gasteiger partial charge >= 0.3 is 0 Å². The molecule has 1 atom stereocenters. The molecule has 5 aromatic rings. The van der Waals surface area contributed by atoms with Gasteiger partial charge in [-0.1, -0.05) is 29.8 Å². The average molecular weight is 467 g/mol. The molecule has 32 heavy (non-hydrogen) atoms. The molecule has 0 spiro atoms. The Hall–Kier alpha value is -3.50. The highest BCUT2D eigenvalue weighted by Crippen LogP contribution is 2.37. The molecular weight excluding hydrogens is 448 g/mol. The first-order valence-electron chi connectivity index (χ1n) is 9.84. The summed E-state index contributed by atoms with van der Waals surface area (Å²) in [5.41, 5.74) is 7.58. The number of rotatable bonds is 3. The molecule has 1 aromatic carbocycles. The molecule has 0 bridgehead atoms. The van der Waals surface area contributed by atoms with Gasteiger partial charge in [0, 0.05) is 24.9 Å². The molecular formula is C21H19ClN8OS. The predicted molar refractivity (Wildman–Crippen MR) is 128 cm³/mol. The van der Waals surface area contributed by atoms with E-state index in [1.54, 1.807) is 44.2 Å². The van der Waals surface area contributed by atoms with Gasteiger partial charge in [0.25, 0.3) is 5.56 Å². The smallest absolute Gasteiger partial charge is 0.284 e. The van der Waals surface area contributed by atoms with E-state index < -0.39 is 0 Å². The summed E-state index contributed by atoms with van der Waals surface area (Å²) in [6, 6.07) is 14.6. The average Bonchev–Trinajstić information content (AvgIpc) is 3.35. The second kappa shape index (κ2) is 7.57. The van der Waals surface area contributed by atoms with Crippen LogP contribution in [0.15, 0.2) is 65.7 Å². The van der Waals surface area contributed by atoms with Crippen LogP contribution in [0.2, 0.25) is 5.02 Å². The minimum absolute atomic E-state index is 0. The zero-order valence-corrected chi connectivity index (χ0v) is 18.5. The van der Waals surface area contributed by atoms with E-state index in [0.29, 0.717) is 27.8 Å². The van der Waals surface area contributed by atoms with Crippen LogP contribution in [0.3, 0.4) is 0 Å². The molecule has 0 aliphatic carbocycles. The topological polar surface area (TPSA) is 98.8 Å². The van der Waals surface area contributed by atoms with Crippen LogP contribution in [0.25, 0.3) is 16.9 Å². The van der Waals surface area contributed by atoms with Crippen molar-refractivity contribution in [3.8, 4) is 5.69 Å². The third-order valence-corrected chi connectivity index (χ3v) is 5.95. The summed E-state index contributed by atoms with van der Waals surface area (Å²) in [6.07, 6.45) is 4.22. The van der Waals surface area contributed by atoms with Gasteiger partial charge in [0.1, 0.15) is 17.2 Å². The molecule has 1 saturated heterocycles. The third kappa shape index (κ3) is 2.94. The van der Waals surface area contributed by atoms with E-state index in [0.717, 1.165) is 24.5 Å². The Morgan fingerprint density at radius 2 is 1.94 bits per heavy atom. The van der Waals surface area contributed by atoms with Gasteiger partial charge in [0.2, 0.25) is 0 Å². The summed E-state index contributed by atoms with van der Waals surface area (Å²) in [5, 5.41) is 9.56. The van der Waals surface area contributed by atoms with Crippen LogP contribution < -0.4 is 16.2 Å². The van der Waals surface area contributed by atoms with Gasteiger partial charge in [-0.2, -0.15) is 28.2 Å². The molecule has 0 unspecified atom stereocenters. The molecule has 9 nitrogen and oxygen atoms in total. The van der Waals surface area contributed by atoms with Crippen molar-refractivity contribution in [3.05, 3.63) is 82.1 Å². The lowest BCUT2D eigenvalue weighted by molar-refractivity contribution is 0.420. The number of fused-ring (bicyclic) bond motifs is 2. The molecule has 162 valence electrons. The zero-order valence-electron chi connectivity index (χ0n) is 16.8. The Morgan fingerprint density at radius 1 is 1.12 bits per heavy atom. The predicted octanol–water partition coefficient (Wildman–Crippen LogP) is 2.83. The minimum atomic E-state index is -0.212. The number of nitrogens with two attached hydrogens (primary N) is 1. The SMILES string of the molecule is Nc1cc(N2CC[C@H]2c2nn3ccc(Cl)c3c(=O)n2-c2ccccc2)n2nccc2n1.S. The summed E-state index contributed by atoms with van der Waals surface area (Å²) >= 11 is 6.29. The molecule has 4 aromatic heterocycles. The van der Waals surface area contributed by atoms with Crippen LogP contribution in [0.5, 0.6) is 0 Å². The van der Waals surface area contributed by atoms with Crippen LogP contribution in [-0.2, 0) is 0 Å². The van der Waals surface area contributed by atoms with E-state index in [2.05, 4.69) is 15.0 Å². The summed E-state index contributed by atoms with van der Waals surface area (Å²) < 4.78 is 4.95. The quantitative estimate of drug-likeness (QED) is 0.439. The lowest BCUT2D eigenvalue weighted by Gasteiger charge is -2.42. The lowest BCUT2D eigenvalue weighted by atomic mass is 10.0. The summed E-state index contributed by atoms with van der Waals surface area (Å²) in [6.45, 7) is 0.776. The summed E-state index contributed by atoms with van der Waals surface area (Å²) in [5.74, 6) is 1.84. The fourth-order valence-corrected chi connectivity index (χ4v) is 4.36. The van der Waals surface area contributed by atoms with Crippen LogP contribution in [-0.4, -0.2) is 35.3 Å². The fourth-order valence-electron chi connectivity index (χ4n) is 4.14. The van der Waals surface area contributed by atoms with Gasteiger partial charge in [-0.3, -0.25) is 9.36 Å². The largest absolute Gasteiger partial charge is 0.384 e. The molecule has 1 aliphatic rings. The number of anilines is 2. The maximum absolute atomic E-state index is 13.5. The number of benzene rings is 1. The fraction of sp³-hybridized carbons (Fsp3) is 0.143. The molecule has 1 fully saturated rings. The normalized spacial score (nSPS) is 15.7. The number of hydrogen-bond donors (Lipinski definition) is 1. The van der Waals surface area contributed by atoms with Crippen molar-refractivity contribution in [2.24, 2.45) is 0 Å². The maximum Gasteiger partial charge on any atom is 0.284 e. The van der Waals surface area contributed by atoms with E-state index in [9.17, 15) is 4.79 Å². The summed E-state index contributed by atoms with van der Waals surface area (Å²) in [7, 11) is 0. The highest BCUT2D eigenvalue weighted by Gasteiger charge is 2.36. The molecule has 2 N–H and O–H groups in total. The van der Waals surface area contributed by atoms with Crippen molar-refractivity contribution in [1.82, 2.24) is 28.8 Å². The van der Waals surface area contributed by atoms with E-state index >= 15 is 0 Å². The van der Waals surface area contributed by atoms with Crippen molar-refractivity contribution in [3.63, 3.8) is 0 Å².